The lowest BCUT2D eigenvalue weighted by atomic mass is 10.2. The van der Waals surface area contributed by atoms with Gasteiger partial charge in [-0.15, -0.1) is 5.10 Å². The quantitative estimate of drug-likeness (QED) is 0.562. The summed E-state index contributed by atoms with van der Waals surface area (Å²) in [5.41, 5.74) is 1.59. The fourth-order valence-electron chi connectivity index (χ4n) is 2.63. The van der Waals surface area contributed by atoms with E-state index in [4.69, 9.17) is 0 Å². The summed E-state index contributed by atoms with van der Waals surface area (Å²) in [6, 6.07) is 7.00. The third-order valence-corrected chi connectivity index (χ3v) is 3.89. The highest BCUT2D eigenvalue weighted by molar-refractivity contribution is 6.09. The van der Waals surface area contributed by atoms with Crippen molar-refractivity contribution in [2.45, 2.75) is 0 Å². The minimum Gasteiger partial charge on any atom is -0.478 e. The minimum absolute atomic E-state index is 0.0442. The lowest BCUT2D eigenvalue weighted by Gasteiger charge is -2.06. The van der Waals surface area contributed by atoms with Crippen molar-refractivity contribution < 1.29 is 14.7 Å². The Morgan fingerprint density at radius 1 is 1.19 bits per heavy atom. The van der Waals surface area contributed by atoms with E-state index in [2.05, 4.69) is 25.5 Å². The molecule has 4 rings (SSSR count). The molecule has 0 bridgehead atoms. The maximum atomic E-state index is 12.5. The molecule has 4 heterocycles. The summed E-state index contributed by atoms with van der Waals surface area (Å²) in [5, 5.41) is 20.1. The van der Waals surface area contributed by atoms with Crippen molar-refractivity contribution >= 4 is 23.2 Å². The predicted molar refractivity (Wildman–Crippen MR) is 94.3 cm³/mol. The fourth-order valence-corrected chi connectivity index (χ4v) is 2.63. The highest BCUT2D eigenvalue weighted by Gasteiger charge is 2.22. The summed E-state index contributed by atoms with van der Waals surface area (Å²) < 4.78 is 2.74. The van der Waals surface area contributed by atoms with Crippen molar-refractivity contribution in [3.05, 3.63) is 60.3 Å². The van der Waals surface area contributed by atoms with Crippen LogP contribution in [-0.2, 0) is 7.05 Å². The van der Waals surface area contributed by atoms with E-state index in [0.29, 0.717) is 17.2 Å². The number of carboxylic acid groups (broad SMARTS) is 1. The van der Waals surface area contributed by atoms with Gasteiger partial charge in [0.15, 0.2) is 11.5 Å². The molecule has 0 aliphatic carbocycles. The fraction of sp³-hybridized carbons (Fsp3) is 0.0588. The molecule has 0 saturated heterocycles. The Labute approximate surface area is 152 Å². The molecule has 27 heavy (non-hydrogen) atoms. The number of nitrogens with zero attached hydrogens (tertiary/aromatic N) is 6. The minimum atomic E-state index is -1.22. The number of fused-ring (bicyclic) bond motifs is 1. The SMILES string of the molecule is Cn1ncc(C(=O)O)c1C(=O)Nc1ccc2nc(-c3cccnc3)nn2c1. The summed E-state index contributed by atoms with van der Waals surface area (Å²) in [4.78, 5) is 32.2. The Balaban J connectivity index is 1.64. The molecule has 0 spiro atoms. The molecule has 0 aliphatic rings. The molecule has 0 unspecified atom stereocenters. The smallest absolute Gasteiger partial charge is 0.339 e. The molecule has 4 aromatic rings. The Morgan fingerprint density at radius 3 is 2.78 bits per heavy atom. The monoisotopic (exact) mass is 363 g/mol. The van der Waals surface area contributed by atoms with Crippen LogP contribution in [0.3, 0.4) is 0 Å². The van der Waals surface area contributed by atoms with E-state index >= 15 is 0 Å². The number of aromatic nitrogens is 6. The highest BCUT2D eigenvalue weighted by atomic mass is 16.4. The number of hydrogen-bond donors (Lipinski definition) is 2. The van der Waals surface area contributed by atoms with E-state index in [9.17, 15) is 14.7 Å². The zero-order chi connectivity index (χ0) is 19.0. The molecular weight excluding hydrogens is 350 g/mol. The molecule has 0 saturated carbocycles. The number of anilines is 1. The molecule has 10 heteroatoms. The van der Waals surface area contributed by atoms with Crippen LogP contribution < -0.4 is 5.32 Å². The van der Waals surface area contributed by atoms with Gasteiger partial charge in [-0.25, -0.2) is 14.3 Å². The number of hydrogen-bond acceptors (Lipinski definition) is 6. The van der Waals surface area contributed by atoms with Crippen LogP contribution in [0.1, 0.15) is 20.8 Å². The van der Waals surface area contributed by atoms with Crippen molar-refractivity contribution in [2.75, 3.05) is 5.32 Å². The molecule has 134 valence electrons. The van der Waals surface area contributed by atoms with Crippen molar-refractivity contribution in [1.82, 2.24) is 29.4 Å². The van der Waals surface area contributed by atoms with Gasteiger partial charge < -0.3 is 10.4 Å². The lowest BCUT2D eigenvalue weighted by Crippen LogP contribution is -2.19. The van der Waals surface area contributed by atoms with Gasteiger partial charge in [-0.05, 0) is 24.3 Å². The average Bonchev–Trinajstić information content (AvgIpc) is 3.25. The Bertz CT molecular complexity index is 1160. The number of nitrogens with one attached hydrogen (secondary N) is 1. The maximum Gasteiger partial charge on any atom is 0.339 e. The first kappa shape index (κ1) is 16.4. The number of carboxylic acids is 1. The Hall–Kier alpha value is -4.08. The molecule has 1 amide bonds. The van der Waals surface area contributed by atoms with E-state index < -0.39 is 11.9 Å². The van der Waals surface area contributed by atoms with Gasteiger partial charge in [-0.1, -0.05) is 0 Å². The van der Waals surface area contributed by atoms with Crippen molar-refractivity contribution in [3.8, 4) is 11.4 Å². The summed E-state index contributed by atoms with van der Waals surface area (Å²) in [7, 11) is 1.50. The van der Waals surface area contributed by atoms with Crippen LogP contribution in [0.4, 0.5) is 5.69 Å². The number of carbonyl (C=O) groups excluding carboxylic acids is 1. The van der Waals surface area contributed by atoms with E-state index in [1.165, 1.54) is 16.2 Å². The molecule has 2 N–H and O–H groups in total. The van der Waals surface area contributed by atoms with Crippen molar-refractivity contribution in [1.29, 1.82) is 0 Å². The number of aromatic carboxylic acids is 1. The van der Waals surface area contributed by atoms with Gasteiger partial charge in [0, 0.05) is 25.0 Å². The number of pyridine rings is 2. The van der Waals surface area contributed by atoms with Crippen LogP contribution in [0.5, 0.6) is 0 Å². The normalized spacial score (nSPS) is 10.9. The summed E-state index contributed by atoms with van der Waals surface area (Å²) in [6.45, 7) is 0. The first-order valence-electron chi connectivity index (χ1n) is 7.86. The van der Waals surface area contributed by atoms with E-state index in [-0.39, 0.29) is 11.3 Å². The van der Waals surface area contributed by atoms with Crippen LogP contribution in [-0.4, -0.2) is 46.3 Å². The van der Waals surface area contributed by atoms with Gasteiger partial charge in [0.1, 0.15) is 11.3 Å². The van der Waals surface area contributed by atoms with Gasteiger partial charge in [0.05, 0.1) is 18.1 Å². The van der Waals surface area contributed by atoms with Crippen molar-refractivity contribution in [2.24, 2.45) is 7.05 Å². The standard InChI is InChI=1S/C17H13N7O3/c1-23-14(12(8-19-23)17(26)27)16(25)20-11-4-5-13-21-15(22-24(13)9-11)10-3-2-6-18-7-10/h2-9H,1H3,(H,20,25)(H,26,27). The van der Waals surface area contributed by atoms with Crippen LogP contribution in [0.2, 0.25) is 0 Å². The average molecular weight is 363 g/mol. The largest absolute Gasteiger partial charge is 0.478 e. The summed E-state index contributed by atoms with van der Waals surface area (Å²) in [6.07, 6.45) is 6.05. The zero-order valence-electron chi connectivity index (χ0n) is 14.1. The molecule has 0 aliphatic heterocycles. The van der Waals surface area contributed by atoms with Crippen LogP contribution in [0.25, 0.3) is 17.0 Å². The summed E-state index contributed by atoms with van der Waals surface area (Å²) >= 11 is 0. The predicted octanol–water partition coefficient (Wildman–Crippen LogP) is 1.48. The number of carbonyl (C=O) groups is 2. The third kappa shape index (κ3) is 2.99. The lowest BCUT2D eigenvalue weighted by molar-refractivity contribution is 0.0692. The van der Waals surface area contributed by atoms with E-state index in [1.54, 1.807) is 36.8 Å². The first-order valence-corrected chi connectivity index (χ1v) is 7.86. The first-order chi connectivity index (χ1) is 13.0. The number of aryl methyl sites for hydroxylation is 1. The second-order valence-electron chi connectivity index (χ2n) is 5.69. The highest BCUT2D eigenvalue weighted by Crippen LogP contribution is 2.17. The Kier molecular flexibility index (Phi) is 3.84. The van der Waals surface area contributed by atoms with Gasteiger partial charge in [0.25, 0.3) is 5.91 Å². The Morgan fingerprint density at radius 2 is 2.04 bits per heavy atom. The van der Waals surface area contributed by atoms with Crippen LogP contribution >= 0.6 is 0 Å². The molecule has 0 atom stereocenters. The number of rotatable bonds is 4. The van der Waals surface area contributed by atoms with Crippen LogP contribution in [0.15, 0.2) is 49.1 Å². The van der Waals surface area contributed by atoms with Crippen LogP contribution in [0, 0.1) is 0 Å². The van der Waals surface area contributed by atoms with Crippen molar-refractivity contribution in [3.63, 3.8) is 0 Å². The van der Waals surface area contributed by atoms with Gasteiger partial charge in [0.2, 0.25) is 0 Å². The molecule has 0 radical (unpaired) electrons. The second-order valence-corrected chi connectivity index (χ2v) is 5.69. The third-order valence-electron chi connectivity index (χ3n) is 3.89. The summed E-state index contributed by atoms with van der Waals surface area (Å²) in [5.74, 6) is -1.30. The molecule has 10 nitrogen and oxygen atoms in total. The second kappa shape index (κ2) is 6.33. The van der Waals surface area contributed by atoms with E-state index in [1.807, 2.05) is 6.07 Å². The number of amides is 1. The van der Waals surface area contributed by atoms with Gasteiger partial charge >= 0.3 is 5.97 Å². The molecule has 4 aromatic heterocycles. The maximum absolute atomic E-state index is 12.5. The molecule has 0 aromatic carbocycles. The molecule has 0 fully saturated rings. The van der Waals surface area contributed by atoms with E-state index in [0.717, 1.165) is 11.8 Å². The van der Waals surface area contributed by atoms with Gasteiger partial charge in [-0.2, -0.15) is 5.10 Å². The molecular formula is C17H13N7O3. The van der Waals surface area contributed by atoms with Gasteiger partial charge in [-0.3, -0.25) is 14.5 Å². The topological polar surface area (TPSA) is 127 Å². The zero-order valence-corrected chi connectivity index (χ0v) is 14.1.